The van der Waals surface area contributed by atoms with Gasteiger partial charge in [-0.15, -0.1) is 0 Å². The number of alkyl halides is 2. The van der Waals surface area contributed by atoms with Crippen molar-refractivity contribution >= 4 is 46.4 Å². The molecule has 0 aliphatic carbocycles. The first kappa shape index (κ1) is 10.9. The number of ether oxygens (including phenoxy) is 1. The monoisotopic (exact) mass is 222 g/mol. The van der Waals surface area contributed by atoms with E-state index >= 15 is 0 Å². The van der Waals surface area contributed by atoms with E-state index in [9.17, 15) is 0 Å². The zero-order chi connectivity index (χ0) is 8.15. The Balaban J connectivity index is 3.60. The molecule has 5 heteroatoms. The fourth-order valence-electron chi connectivity index (χ4n) is 0.243. The Kier molecular flexibility index (Phi) is 5.98. The van der Waals surface area contributed by atoms with Gasteiger partial charge in [0.2, 0.25) is 5.02 Å². The topological polar surface area (TPSA) is 9.23 Å². The minimum atomic E-state index is -0.831. The molecule has 0 fully saturated rings. The molecular formula is C5H6Cl4O. The number of rotatable bonds is 3. The summed E-state index contributed by atoms with van der Waals surface area (Å²) in [6, 6.07) is 0. The van der Waals surface area contributed by atoms with Gasteiger partial charge in [0, 0.05) is 0 Å². The van der Waals surface area contributed by atoms with Crippen molar-refractivity contribution in [3.05, 3.63) is 10.1 Å². The Hall–Kier alpha value is 0.860. The number of halogens is 4. The standard InChI is InChI=1S/C5H6Cl4O/c1-3(4(6)7)2-10-5(8)9/h5H,2H2,1H3. The van der Waals surface area contributed by atoms with Crippen LogP contribution in [0, 0.1) is 0 Å². The summed E-state index contributed by atoms with van der Waals surface area (Å²) in [7, 11) is 0. The fraction of sp³-hybridized carbons (Fsp3) is 0.600. The molecule has 0 aromatic heterocycles. The van der Waals surface area contributed by atoms with E-state index < -0.39 is 5.02 Å². The smallest absolute Gasteiger partial charge is 0.206 e. The maximum absolute atomic E-state index is 5.39. The SMILES string of the molecule is CC(COC(Cl)Cl)=C(Cl)Cl. The predicted molar refractivity (Wildman–Crippen MR) is 45.9 cm³/mol. The molecule has 0 heterocycles. The molecule has 0 aromatic carbocycles. The van der Waals surface area contributed by atoms with Gasteiger partial charge < -0.3 is 4.74 Å². The Morgan fingerprint density at radius 3 is 2.20 bits per heavy atom. The van der Waals surface area contributed by atoms with Gasteiger partial charge >= 0.3 is 0 Å². The van der Waals surface area contributed by atoms with Crippen molar-refractivity contribution in [2.24, 2.45) is 0 Å². The lowest BCUT2D eigenvalue weighted by molar-refractivity contribution is 0.179. The van der Waals surface area contributed by atoms with E-state index in [1.165, 1.54) is 0 Å². The molecule has 0 spiro atoms. The molecule has 0 radical (unpaired) electrons. The van der Waals surface area contributed by atoms with E-state index in [0.29, 0.717) is 5.57 Å². The van der Waals surface area contributed by atoms with Gasteiger partial charge in [-0.05, 0) is 12.5 Å². The largest absolute Gasteiger partial charge is 0.344 e. The van der Waals surface area contributed by atoms with Crippen LogP contribution >= 0.6 is 46.4 Å². The molecule has 0 unspecified atom stereocenters. The summed E-state index contributed by atoms with van der Waals surface area (Å²) in [5.74, 6) is 0. The van der Waals surface area contributed by atoms with Crippen LogP contribution in [0.1, 0.15) is 6.92 Å². The number of hydrogen-bond acceptors (Lipinski definition) is 1. The maximum Gasteiger partial charge on any atom is 0.206 e. The van der Waals surface area contributed by atoms with Crippen molar-refractivity contribution in [3.63, 3.8) is 0 Å². The molecule has 0 aliphatic rings. The minimum absolute atomic E-state index is 0.189. The quantitative estimate of drug-likeness (QED) is 0.666. The summed E-state index contributed by atoms with van der Waals surface area (Å²) in [5, 5.41) is -0.831. The van der Waals surface area contributed by atoms with Crippen LogP contribution in [0.2, 0.25) is 0 Å². The van der Waals surface area contributed by atoms with Crippen LogP contribution in [0.5, 0.6) is 0 Å². The van der Waals surface area contributed by atoms with Crippen LogP contribution < -0.4 is 0 Å². The van der Waals surface area contributed by atoms with Crippen LogP contribution in [0.3, 0.4) is 0 Å². The third-order valence-electron chi connectivity index (χ3n) is 0.748. The molecule has 60 valence electrons. The number of hydrogen-bond donors (Lipinski definition) is 0. The predicted octanol–water partition coefficient (Wildman–Crippen LogP) is 3.47. The highest BCUT2D eigenvalue weighted by Crippen LogP contribution is 2.15. The first-order valence-electron chi connectivity index (χ1n) is 2.44. The van der Waals surface area contributed by atoms with Crippen molar-refractivity contribution < 1.29 is 4.74 Å². The van der Waals surface area contributed by atoms with Gasteiger partial charge in [-0.2, -0.15) is 0 Å². The molecule has 0 amide bonds. The van der Waals surface area contributed by atoms with Crippen LogP contribution in [-0.4, -0.2) is 11.6 Å². The van der Waals surface area contributed by atoms with Gasteiger partial charge in [-0.1, -0.05) is 46.4 Å². The van der Waals surface area contributed by atoms with Crippen LogP contribution in [0.25, 0.3) is 0 Å². The molecule has 0 rings (SSSR count). The van der Waals surface area contributed by atoms with E-state index in [2.05, 4.69) is 0 Å². The second kappa shape index (κ2) is 5.50. The Bertz CT molecular complexity index is 128. The zero-order valence-corrected chi connectivity index (χ0v) is 8.23. The molecule has 0 saturated carbocycles. The maximum atomic E-state index is 5.39. The van der Waals surface area contributed by atoms with E-state index in [1.807, 2.05) is 0 Å². The Morgan fingerprint density at radius 1 is 1.40 bits per heavy atom. The van der Waals surface area contributed by atoms with E-state index in [1.54, 1.807) is 6.92 Å². The zero-order valence-electron chi connectivity index (χ0n) is 5.20. The highest BCUT2D eigenvalue weighted by Gasteiger charge is 2.00. The average Bonchev–Trinajstić information content (AvgIpc) is 1.82. The third-order valence-corrected chi connectivity index (χ3v) is 1.65. The van der Waals surface area contributed by atoms with E-state index in [0.717, 1.165) is 0 Å². The molecule has 1 nitrogen and oxygen atoms in total. The van der Waals surface area contributed by atoms with Crippen molar-refractivity contribution in [2.45, 2.75) is 11.9 Å². The lowest BCUT2D eigenvalue weighted by Gasteiger charge is -2.03. The molecule has 0 aromatic rings. The Labute approximate surface area is 79.8 Å². The van der Waals surface area contributed by atoms with Crippen LogP contribution in [-0.2, 0) is 4.74 Å². The third kappa shape index (κ3) is 5.63. The van der Waals surface area contributed by atoms with E-state index in [-0.39, 0.29) is 11.1 Å². The first-order chi connectivity index (χ1) is 4.54. The molecule has 0 aliphatic heterocycles. The summed E-state index contributed by atoms with van der Waals surface area (Å²) >= 11 is 21.3. The van der Waals surface area contributed by atoms with Crippen molar-refractivity contribution in [1.82, 2.24) is 0 Å². The van der Waals surface area contributed by atoms with Gasteiger partial charge in [0.1, 0.15) is 4.49 Å². The molecular weight excluding hydrogens is 218 g/mol. The first-order valence-corrected chi connectivity index (χ1v) is 4.07. The lowest BCUT2D eigenvalue weighted by atomic mass is 10.4. The molecule has 10 heavy (non-hydrogen) atoms. The molecule has 0 bridgehead atoms. The van der Waals surface area contributed by atoms with Crippen molar-refractivity contribution in [3.8, 4) is 0 Å². The summed E-state index contributed by atoms with van der Waals surface area (Å²) in [6.07, 6.45) is 0. The highest BCUT2D eigenvalue weighted by atomic mass is 35.5. The normalized spacial score (nSPS) is 10.2. The van der Waals surface area contributed by atoms with E-state index in [4.69, 9.17) is 51.1 Å². The summed E-state index contributed by atoms with van der Waals surface area (Å²) in [6.45, 7) is 1.98. The van der Waals surface area contributed by atoms with Gasteiger partial charge in [-0.3, -0.25) is 0 Å². The van der Waals surface area contributed by atoms with Crippen LogP contribution in [0.15, 0.2) is 10.1 Å². The Morgan fingerprint density at radius 2 is 1.90 bits per heavy atom. The highest BCUT2D eigenvalue weighted by molar-refractivity contribution is 6.56. The minimum Gasteiger partial charge on any atom is -0.344 e. The van der Waals surface area contributed by atoms with Crippen LogP contribution in [0.4, 0.5) is 0 Å². The molecule has 0 N–H and O–H groups in total. The van der Waals surface area contributed by atoms with Gasteiger partial charge in [0.05, 0.1) is 6.61 Å². The van der Waals surface area contributed by atoms with Crippen molar-refractivity contribution in [1.29, 1.82) is 0 Å². The molecule has 0 saturated heterocycles. The fourth-order valence-corrected chi connectivity index (χ4v) is 0.478. The van der Waals surface area contributed by atoms with Gasteiger partial charge in [-0.25, -0.2) is 0 Å². The summed E-state index contributed by atoms with van der Waals surface area (Å²) in [4.78, 5) is 0. The van der Waals surface area contributed by atoms with Crippen molar-refractivity contribution in [2.75, 3.05) is 6.61 Å². The lowest BCUT2D eigenvalue weighted by Crippen LogP contribution is -1.99. The summed E-state index contributed by atoms with van der Waals surface area (Å²) < 4.78 is 4.96. The summed E-state index contributed by atoms with van der Waals surface area (Å²) in [5.41, 5.74) is 0.703. The second-order valence-corrected chi connectivity index (χ2v) is 3.58. The molecule has 0 atom stereocenters. The second-order valence-electron chi connectivity index (χ2n) is 1.61. The van der Waals surface area contributed by atoms with Gasteiger partial charge in [0.15, 0.2) is 0 Å². The average molecular weight is 224 g/mol. The van der Waals surface area contributed by atoms with Gasteiger partial charge in [0.25, 0.3) is 0 Å².